The quantitative estimate of drug-likeness (QED) is 0.681. The van der Waals surface area contributed by atoms with E-state index >= 15 is 0 Å². The fourth-order valence-corrected chi connectivity index (χ4v) is 3.17. The number of fused-ring (bicyclic) bond motifs is 1. The Kier molecular flexibility index (Phi) is 3.85. The minimum Gasteiger partial charge on any atom is -0.350 e. The maximum atomic E-state index is 13.3. The zero-order valence-electron chi connectivity index (χ0n) is 13.5. The molecule has 3 rings (SSSR count). The number of hydrogen-bond donors (Lipinski definition) is 1. The van der Waals surface area contributed by atoms with Gasteiger partial charge in [0.25, 0.3) is 0 Å². The number of halogens is 4. The molecule has 1 heterocycles. The van der Waals surface area contributed by atoms with E-state index in [0.717, 1.165) is 18.1 Å². The third kappa shape index (κ3) is 2.87. The summed E-state index contributed by atoms with van der Waals surface area (Å²) in [5, 5.41) is 3.09. The summed E-state index contributed by atoms with van der Waals surface area (Å²) in [6, 6.07) is 12.6. The fourth-order valence-electron chi connectivity index (χ4n) is 2.98. The Bertz CT molecular complexity index is 788. The Labute approximate surface area is 143 Å². The molecule has 6 heteroatoms. The van der Waals surface area contributed by atoms with Crippen LogP contribution in [0.4, 0.5) is 18.9 Å². The lowest BCUT2D eigenvalue weighted by molar-refractivity contribution is -0.293. The van der Waals surface area contributed by atoms with Crippen molar-refractivity contribution >= 4 is 17.3 Å². The Morgan fingerprint density at radius 1 is 1.00 bits per heavy atom. The van der Waals surface area contributed by atoms with Gasteiger partial charge < -0.3 is 10.1 Å². The molecule has 2 aromatic carbocycles. The molecule has 2 nitrogen and oxygen atoms in total. The van der Waals surface area contributed by atoms with Gasteiger partial charge in [0.15, 0.2) is 0 Å². The van der Waals surface area contributed by atoms with Gasteiger partial charge >= 0.3 is 6.18 Å². The first-order valence-electron chi connectivity index (χ1n) is 7.47. The van der Waals surface area contributed by atoms with Crippen molar-refractivity contribution in [1.29, 1.82) is 0 Å². The van der Waals surface area contributed by atoms with E-state index in [-0.39, 0.29) is 0 Å². The highest BCUT2D eigenvalue weighted by Crippen LogP contribution is 2.47. The molecule has 0 bridgehead atoms. The lowest BCUT2D eigenvalue weighted by atomic mass is 9.89. The molecule has 0 saturated carbocycles. The van der Waals surface area contributed by atoms with E-state index in [1.54, 1.807) is 32.0 Å². The Hall–Kier alpha value is -1.72. The van der Waals surface area contributed by atoms with E-state index in [9.17, 15) is 13.2 Å². The number of hydrogen-bond acceptors (Lipinski definition) is 2. The second-order valence-electron chi connectivity index (χ2n) is 6.54. The van der Waals surface area contributed by atoms with Gasteiger partial charge in [-0.3, -0.25) is 0 Å². The minimum atomic E-state index is -4.53. The van der Waals surface area contributed by atoms with E-state index in [2.05, 4.69) is 5.32 Å². The molecule has 1 aliphatic rings. The highest BCUT2D eigenvalue weighted by Gasteiger charge is 2.58. The van der Waals surface area contributed by atoms with Crippen molar-refractivity contribution in [1.82, 2.24) is 0 Å². The molecule has 1 aliphatic heterocycles. The molecule has 0 aliphatic carbocycles. The van der Waals surface area contributed by atoms with Gasteiger partial charge in [-0.25, -0.2) is 0 Å². The van der Waals surface area contributed by atoms with E-state index in [4.69, 9.17) is 16.3 Å². The maximum absolute atomic E-state index is 13.3. The van der Waals surface area contributed by atoms with Crippen LogP contribution >= 0.6 is 11.6 Å². The summed E-state index contributed by atoms with van der Waals surface area (Å²) in [4.78, 5) is 0. The lowest BCUT2D eigenvalue weighted by Gasteiger charge is -2.46. The SMILES string of the molecule is CC1(C)OC(C)(C(F)(F)F)Nc2ccc(-c3cccc(Cl)c3)cc21. The molecule has 0 amide bonds. The number of alkyl halides is 3. The summed E-state index contributed by atoms with van der Waals surface area (Å²) in [7, 11) is 0. The number of benzene rings is 2. The molecule has 24 heavy (non-hydrogen) atoms. The van der Waals surface area contributed by atoms with Crippen molar-refractivity contribution in [2.75, 3.05) is 5.32 Å². The van der Waals surface area contributed by atoms with Crippen LogP contribution in [0.15, 0.2) is 42.5 Å². The highest BCUT2D eigenvalue weighted by molar-refractivity contribution is 6.30. The molecule has 1 atom stereocenters. The topological polar surface area (TPSA) is 21.3 Å². The van der Waals surface area contributed by atoms with Crippen LogP contribution in [-0.4, -0.2) is 11.9 Å². The van der Waals surface area contributed by atoms with Gasteiger partial charge in [0.05, 0.1) is 5.60 Å². The Balaban J connectivity index is 2.08. The molecule has 128 valence electrons. The number of ether oxygens (including phenoxy) is 1. The molecule has 0 radical (unpaired) electrons. The number of anilines is 1. The first kappa shape index (κ1) is 17.1. The van der Waals surface area contributed by atoms with Crippen molar-refractivity contribution < 1.29 is 17.9 Å². The summed E-state index contributed by atoms with van der Waals surface area (Å²) < 4.78 is 45.5. The van der Waals surface area contributed by atoms with Crippen LogP contribution in [0.5, 0.6) is 0 Å². The van der Waals surface area contributed by atoms with Crippen LogP contribution in [-0.2, 0) is 10.3 Å². The van der Waals surface area contributed by atoms with Gasteiger partial charge in [-0.15, -0.1) is 0 Å². The summed E-state index contributed by atoms with van der Waals surface area (Å²) in [5.74, 6) is 0. The maximum Gasteiger partial charge on any atom is 0.436 e. The predicted octanol–water partition coefficient (Wildman–Crippen LogP) is 5.96. The minimum absolute atomic E-state index is 0.414. The highest BCUT2D eigenvalue weighted by atomic mass is 35.5. The molecule has 0 saturated heterocycles. The Morgan fingerprint density at radius 2 is 1.67 bits per heavy atom. The van der Waals surface area contributed by atoms with Crippen molar-refractivity contribution in [3.63, 3.8) is 0 Å². The summed E-state index contributed by atoms with van der Waals surface area (Å²) in [6.45, 7) is 4.28. The average Bonchev–Trinajstić information content (AvgIpc) is 2.45. The molecule has 1 unspecified atom stereocenters. The van der Waals surface area contributed by atoms with Gasteiger partial charge in [0, 0.05) is 16.3 Å². The first-order chi connectivity index (χ1) is 11.0. The third-order valence-electron chi connectivity index (χ3n) is 4.20. The van der Waals surface area contributed by atoms with Crippen molar-refractivity contribution in [2.45, 2.75) is 38.3 Å². The summed E-state index contributed by atoms with van der Waals surface area (Å²) in [6.07, 6.45) is -4.53. The molecule has 1 N–H and O–H groups in total. The van der Waals surface area contributed by atoms with E-state index in [0.29, 0.717) is 16.3 Å². The Morgan fingerprint density at radius 3 is 2.29 bits per heavy atom. The van der Waals surface area contributed by atoms with Crippen molar-refractivity contribution in [3.05, 3.63) is 53.1 Å². The van der Waals surface area contributed by atoms with Gasteiger partial charge in [-0.05, 0) is 56.2 Å². The molecule has 0 spiro atoms. The van der Waals surface area contributed by atoms with Crippen LogP contribution in [0.2, 0.25) is 5.02 Å². The smallest absolute Gasteiger partial charge is 0.350 e. The van der Waals surface area contributed by atoms with Gasteiger partial charge in [0.2, 0.25) is 5.72 Å². The first-order valence-corrected chi connectivity index (χ1v) is 7.85. The average molecular weight is 356 g/mol. The zero-order valence-corrected chi connectivity index (χ0v) is 14.2. The van der Waals surface area contributed by atoms with Crippen LogP contribution in [0.25, 0.3) is 11.1 Å². The van der Waals surface area contributed by atoms with Crippen LogP contribution in [0.1, 0.15) is 26.3 Å². The van der Waals surface area contributed by atoms with Crippen molar-refractivity contribution in [2.24, 2.45) is 0 Å². The van der Waals surface area contributed by atoms with Gasteiger partial charge in [-0.2, -0.15) is 13.2 Å². The largest absolute Gasteiger partial charge is 0.436 e. The normalized spacial score (nSPS) is 22.6. The fraction of sp³-hybridized carbons (Fsp3) is 0.333. The molecule has 0 aromatic heterocycles. The predicted molar refractivity (Wildman–Crippen MR) is 89.1 cm³/mol. The summed E-state index contributed by atoms with van der Waals surface area (Å²) in [5.41, 5.74) is -0.685. The van der Waals surface area contributed by atoms with Gasteiger partial charge in [0.1, 0.15) is 0 Å². The van der Waals surface area contributed by atoms with Crippen molar-refractivity contribution in [3.8, 4) is 11.1 Å². The number of rotatable bonds is 1. The zero-order chi connectivity index (χ0) is 17.8. The van der Waals surface area contributed by atoms with E-state index in [1.807, 2.05) is 24.3 Å². The lowest BCUT2D eigenvalue weighted by Crippen LogP contribution is -2.57. The second-order valence-corrected chi connectivity index (χ2v) is 6.98. The molecule has 2 aromatic rings. The monoisotopic (exact) mass is 355 g/mol. The van der Waals surface area contributed by atoms with Gasteiger partial charge in [-0.1, -0.05) is 29.8 Å². The molecule has 0 fully saturated rings. The van der Waals surface area contributed by atoms with E-state index < -0.39 is 17.5 Å². The second kappa shape index (κ2) is 5.39. The standard InChI is InChI=1S/C18H17ClF3NO/c1-16(2)14-10-12(11-5-4-6-13(19)9-11)7-8-15(14)23-17(3,24-16)18(20,21)22/h4-10,23H,1-3H3. The van der Waals surface area contributed by atoms with Crippen LogP contribution in [0, 0.1) is 0 Å². The van der Waals surface area contributed by atoms with Crippen LogP contribution in [0.3, 0.4) is 0 Å². The summed E-state index contributed by atoms with van der Waals surface area (Å²) >= 11 is 6.02. The molecular formula is C18H17ClF3NO. The van der Waals surface area contributed by atoms with E-state index in [1.165, 1.54) is 0 Å². The molecular weight excluding hydrogens is 339 g/mol. The number of nitrogens with one attached hydrogen (secondary N) is 1. The van der Waals surface area contributed by atoms with Crippen LogP contribution < -0.4 is 5.32 Å². The third-order valence-corrected chi connectivity index (χ3v) is 4.43.